The molecule has 0 aromatic heterocycles. The third-order valence-corrected chi connectivity index (χ3v) is 6.70. The third kappa shape index (κ3) is 6.83. The molecule has 0 saturated carbocycles. The Bertz CT molecular complexity index is 923. The van der Waals surface area contributed by atoms with Crippen LogP contribution in [0, 0.1) is 0 Å². The van der Waals surface area contributed by atoms with Crippen molar-refractivity contribution in [3.8, 4) is 5.75 Å². The number of carbonyl (C=O) groups is 1. The molecular formula is C20H25ClN2O4S2. The molecule has 0 aliphatic heterocycles. The van der Waals surface area contributed by atoms with Gasteiger partial charge in [0.1, 0.15) is 11.8 Å². The Balaban J connectivity index is 1.97. The van der Waals surface area contributed by atoms with Gasteiger partial charge in [0.2, 0.25) is 15.9 Å². The van der Waals surface area contributed by atoms with Crippen LogP contribution in [0.15, 0.2) is 48.5 Å². The summed E-state index contributed by atoms with van der Waals surface area (Å²) in [4.78, 5) is 12.6. The molecule has 0 saturated heterocycles. The highest BCUT2D eigenvalue weighted by Gasteiger charge is 2.29. The number of nitrogens with zero attached hydrogens (tertiary/aromatic N) is 1. The van der Waals surface area contributed by atoms with E-state index in [1.165, 1.54) is 18.7 Å². The van der Waals surface area contributed by atoms with Gasteiger partial charge in [-0.05, 0) is 30.7 Å². The third-order valence-electron chi connectivity index (χ3n) is 4.14. The van der Waals surface area contributed by atoms with Crippen LogP contribution in [0.4, 0.5) is 5.69 Å². The van der Waals surface area contributed by atoms with Gasteiger partial charge in [0.15, 0.2) is 0 Å². The van der Waals surface area contributed by atoms with Crippen LogP contribution < -0.4 is 14.4 Å². The van der Waals surface area contributed by atoms with E-state index in [2.05, 4.69) is 17.4 Å². The lowest BCUT2D eigenvalue weighted by atomic mass is 10.2. The lowest BCUT2D eigenvalue weighted by Gasteiger charge is -2.28. The summed E-state index contributed by atoms with van der Waals surface area (Å²) in [5.41, 5.74) is 1.52. The van der Waals surface area contributed by atoms with E-state index in [0.29, 0.717) is 18.0 Å². The van der Waals surface area contributed by atoms with Crippen molar-refractivity contribution in [2.45, 2.75) is 18.7 Å². The fourth-order valence-corrected chi connectivity index (χ4v) is 5.00. The highest BCUT2D eigenvalue weighted by Crippen LogP contribution is 2.31. The van der Waals surface area contributed by atoms with E-state index in [1.807, 2.05) is 18.2 Å². The molecule has 9 heteroatoms. The SMILES string of the molecule is COc1ccc(N([C@H](C)C(=O)NCCSCc2ccccc2)S(C)(=O)=O)cc1Cl. The molecule has 29 heavy (non-hydrogen) atoms. The second-order valence-electron chi connectivity index (χ2n) is 6.38. The normalized spacial score (nSPS) is 12.3. The summed E-state index contributed by atoms with van der Waals surface area (Å²) in [6.45, 7) is 1.99. The Kier molecular flexibility index (Phi) is 8.67. The first-order chi connectivity index (χ1) is 13.7. The summed E-state index contributed by atoms with van der Waals surface area (Å²) in [6, 6.07) is 13.7. The van der Waals surface area contributed by atoms with Crippen LogP contribution in [0.1, 0.15) is 12.5 Å². The largest absolute Gasteiger partial charge is 0.495 e. The second-order valence-corrected chi connectivity index (χ2v) is 9.75. The summed E-state index contributed by atoms with van der Waals surface area (Å²) < 4.78 is 30.8. The molecule has 6 nitrogen and oxygen atoms in total. The van der Waals surface area contributed by atoms with E-state index < -0.39 is 16.1 Å². The highest BCUT2D eigenvalue weighted by atomic mass is 35.5. The fourth-order valence-electron chi connectivity index (χ4n) is 2.76. The van der Waals surface area contributed by atoms with E-state index >= 15 is 0 Å². The lowest BCUT2D eigenvalue weighted by molar-refractivity contribution is -0.121. The average molecular weight is 457 g/mol. The molecule has 0 spiro atoms. The van der Waals surface area contributed by atoms with Gasteiger partial charge in [-0.25, -0.2) is 8.42 Å². The predicted octanol–water partition coefficient (Wildman–Crippen LogP) is 3.55. The van der Waals surface area contributed by atoms with Gasteiger partial charge < -0.3 is 10.1 Å². The zero-order valence-electron chi connectivity index (χ0n) is 16.6. The molecule has 0 fully saturated rings. The Labute approximate surface area is 181 Å². The number of thioether (sulfide) groups is 1. The van der Waals surface area contributed by atoms with Crippen LogP contribution in [0.3, 0.4) is 0 Å². The minimum atomic E-state index is -3.70. The molecule has 1 amide bonds. The standard InChI is InChI=1S/C20H25ClN2O4S2/c1-15(20(24)22-11-12-28-14-16-7-5-4-6-8-16)23(29(3,25)26)17-9-10-19(27-2)18(21)13-17/h4-10,13,15H,11-12,14H2,1-3H3,(H,22,24)/t15-/m1/s1. The summed E-state index contributed by atoms with van der Waals surface area (Å²) >= 11 is 7.83. The average Bonchev–Trinajstić information content (AvgIpc) is 2.67. The van der Waals surface area contributed by atoms with Crippen molar-refractivity contribution in [3.63, 3.8) is 0 Å². The van der Waals surface area contributed by atoms with E-state index in [9.17, 15) is 13.2 Å². The van der Waals surface area contributed by atoms with E-state index in [-0.39, 0.29) is 10.9 Å². The van der Waals surface area contributed by atoms with Crippen molar-refractivity contribution in [1.82, 2.24) is 5.32 Å². The Morgan fingerprint density at radius 3 is 2.52 bits per heavy atom. The number of halogens is 1. The number of nitrogens with one attached hydrogen (secondary N) is 1. The Morgan fingerprint density at radius 1 is 1.24 bits per heavy atom. The number of ether oxygens (including phenoxy) is 1. The van der Waals surface area contributed by atoms with Gasteiger partial charge in [0.25, 0.3) is 0 Å². The van der Waals surface area contributed by atoms with Gasteiger partial charge in [0.05, 0.1) is 24.1 Å². The van der Waals surface area contributed by atoms with E-state index in [4.69, 9.17) is 16.3 Å². The number of benzene rings is 2. The number of sulfonamides is 1. The smallest absolute Gasteiger partial charge is 0.243 e. The van der Waals surface area contributed by atoms with Crippen molar-refractivity contribution >= 4 is 45.0 Å². The van der Waals surface area contributed by atoms with Gasteiger partial charge in [-0.15, -0.1) is 0 Å². The van der Waals surface area contributed by atoms with Crippen molar-refractivity contribution in [2.24, 2.45) is 0 Å². The molecule has 0 bridgehead atoms. The number of carbonyl (C=O) groups excluding carboxylic acids is 1. The van der Waals surface area contributed by atoms with Gasteiger partial charge in [-0.1, -0.05) is 41.9 Å². The zero-order valence-corrected chi connectivity index (χ0v) is 19.0. The molecule has 0 heterocycles. The van der Waals surface area contributed by atoms with Crippen LogP contribution in [0.2, 0.25) is 5.02 Å². The van der Waals surface area contributed by atoms with Crippen molar-refractivity contribution in [1.29, 1.82) is 0 Å². The zero-order chi connectivity index (χ0) is 21.4. The van der Waals surface area contributed by atoms with Crippen molar-refractivity contribution < 1.29 is 17.9 Å². The molecule has 2 aromatic carbocycles. The van der Waals surface area contributed by atoms with Crippen molar-refractivity contribution in [3.05, 3.63) is 59.1 Å². The first-order valence-electron chi connectivity index (χ1n) is 8.96. The van der Waals surface area contributed by atoms with Crippen LogP contribution in [-0.2, 0) is 20.6 Å². The highest BCUT2D eigenvalue weighted by molar-refractivity contribution is 7.98. The summed E-state index contributed by atoms with van der Waals surface area (Å²) in [5.74, 6) is 1.63. The molecule has 0 aliphatic carbocycles. The molecule has 1 N–H and O–H groups in total. The maximum atomic E-state index is 12.6. The Morgan fingerprint density at radius 2 is 1.93 bits per heavy atom. The van der Waals surface area contributed by atoms with E-state index in [1.54, 1.807) is 30.8 Å². The van der Waals surface area contributed by atoms with Gasteiger partial charge in [-0.3, -0.25) is 9.10 Å². The van der Waals surface area contributed by atoms with Gasteiger partial charge in [-0.2, -0.15) is 11.8 Å². The van der Waals surface area contributed by atoms with Crippen LogP contribution in [0.5, 0.6) is 5.75 Å². The fraction of sp³-hybridized carbons (Fsp3) is 0.350. The molecule has 0 aliphatic rings. The lowest BCUT2D eigenvalue weighted by Crippen LogP contribution is -2.48. The van der Waals surface area contributed by atoms with Gasteiger partial charge >= 0.3 is 0 Å². The maximum Gasteiger partial charge on any atom is 0.243 e. The summed E-state index contributed by atoms with van der Waals surface area (Å²) in [7, 11) is -2.23. The molecule has 1 atom stereocenters. The second kappa shape index (κ2) is 10.8. The number of methoxy groups -OCH3 is 1. The number of hydrogen-bond acceptors (Lipinski definition) is 5. The molecular weight excluding hydrogens is 432 g/mol. The van der Waals surface area contributed by atoms with Crippen LogP contribution >= 0.6 is 23.4 Å². The minimum absolute atomic E-state index is 0.267. The number of anilines is 1. The molecule has 2 rings (SSSR count). The number of rotatable bonds is 10. The predicted molar refractivity (Wildman–Crippen MR) is 120 cm³/mol. The Hall–Kier alpha value is -1.90. The molecule has 0 unspecified atom stereocenters. The molecule has 0 radical (unpaired) electrons. The summed E-state index contributed by atoms with van der Waals surface area (Å²) in [5, 5.41) is 3.07. The first kappa shape index (κ1) is 23.4. The first-order valence-corrected chi connectivity index (χ1v) is 12.3. The van der Waals surface area contributed by atoms with Crippen LogP contribution in [0.25, 0.3) is 0 Å². The molecule has 2 aromatic rings. The monoisotopic (exact) mass is 456 g/mol. The minimum Gasteiger partial charge on any atom is -0.495 e. The maximum absolute atomic E-state index is 12.6. The van der Waals surface area contributed by atoms with Crippen LogP contribution in [-0.4, -0.2) is 46.0 Å². The topological polar surface area (TPSA) is 75.7 Å². The number of amides is 1. The van der Waals surface area contributed by atoms with E-state index in [0.717, 1.165) is 22.1 Å². The number of hydrogen-bond donors (Lipinski definition) is 1. The van der Waals surface area contributed by atoms with Crippen molar-refractivity contribution in [2.75, 3.05) is 30.0 Å². The molecule has 158 valence electrons. The summed E-state index contributed by atoms with van der Waals surface area (Å²) in [6.07, 6.45) is 1.06. The quantitative estimate of drug-likeness (QED) is 0.553. The van der Waals surface area contributed by atoms with Gasteiger partial charge in [0, 0.05) is 18.1 Å².